The Balaban J connectivity index is 2.31. The van der Waals surface area contributed by atoms with Crippen LogP contribution < -0.4 is 10.1 Å². The smallest absolute Gasteiger partial charge is 0.165 e. The van der Waals surface area contributed by atoms with Crippen LogP contribution in [0.2, 0.25) is 0 Å². The van der Waals surface area contributed by atoms with Crippen molar-refractivity contribution in [3.63, 3.8) is 0 Å². The lowest BCUT2D eigenvalue weighted by molar-refractivity contribution is 0.387. The Morgan fingerprint density at radius 1 is 1.38 bits per heavy atom. The van der Waals surface area contributed by atoms with E-state index in [1.54, 1.807) is 23.5 Å². The Hall–Kier alpha value is -1.46. The highest BCUT2D eigenvalue weighted by atomic mass is 32.1. The lowest BCUT2D eigenvalue weighted by Crippen LogP contribution is -2.21. The first kappa shape index (κ1) is 15.9. The van der Waals surface area contributed by atoms with Crippen molar-refractivity contribution in [1.29, 1.82) is 0 Å². The fraction of sp³-hybridized carbons (Fsp3) is 0.438. The average Bonchev–Trinajstić information content (AvgIpc) is 2.88. The predicted molar refractivity (Wildman–Crippen MR) is 85.4 cm³/mol. The van der Waals surface area contributed by atoms with Crippen molar-refractivity contribution in [2.75, 3.05) is 7.11 Å². The summed E-state index contributed by atoms with van der Waals surface area (Å²) in [5.74, 6) is -0.0992. The summed E-state index contributed by atoms with van der Waals surface area (Å²) in [5.41, 5.74) is 2.00. The van der Waals surface area contributed by atoms with Crippen LogP contribution in [0.1, 0.15) is 31.3 Å². The van der Waals surface area contributed by atoms with Gasteiger partial charge in [0.05, 0.1) is 12.8 Å². The number of aromatic nitrogens is 1. The number of hydrogen-bond donors (Lipinski definition) is 1. The molecule has 5 heteroatoms. The molecule has 21 heavy (non-hydrogen) atoms. The van der Waals surface area contributed by atoms with Crippen LogP contribution >= 0.6 is 11.3 Å². The number of rotatable bonds is 6. The second-order valence-electron chi connectivity index (χ2n) is 5.13. The minimum atomic E-state index is -0.352. The van der Waals surface area contributed by atoms with Crippen molar-refractivity contribution < 1.29 is 9.13 Å². The van der Waals surface area contributed by atoms with E-state index < -0.39 is 0 Å². The van der Waals surface area contributed by atoms with Gasteiger partial charge in [0.15, 0.2) is 11.6 Å². The Morgan fingerprint density at radius 2 is 2.14 bits per heavy atom. The van der Waals surface area contributed by atoms with E-state index in [0.717, 1.165) is 29.2 Å². The maximum absolute atomic E-state index is 13.5. The van der Waals surface area contributed by atoms with Gasteiger partial charge in [-0.15, -0.1) is 11.3 Å². The zero-order valence-corrected chi connectivity index (χ0v) is 13.7. The molecule has 3 nitrogen and oxygen atoms in total. The van der Waals surface area contributed by atoms with E-state index in [1.807, 2.05) is 0 Å². The van der Waals surface area contributed by atoms with Gasteiger partial charge < -0.3 is 10.1 Å². The topological polar surface area (TPSA) is 34.1 Å². The first-order valence-corrected chi connectivity index (χ1v) is 7.92. The van der Waals surface area contributed by atoms with E-state index in [4.69, 9.17) is 4.74 Å². The largest absolute Gasteiger partial charge is 0.494 e. The molecule has 1 heterocycles. The van der Waals surface area contributed by atoms with Crippen molar-refractivity contribution in [1.82, 2.24) is 10.3 Å². The van der Waals surface area contributed by atoms with Gasteiger partial charge in [-0.25, -0.2) is 9.37 Å². The molecule has 0 spiro atoms. The molecule has 0 saturated carbocycles. The van der Waals surface area contributed by atoms with Crippen LogP contribution in [0.4, 0.5) is 4.39 Å². The molecule has 0 bridgehead atoms. The highest BCUT2D eigenvalue weighted by Gasteiger charge is 2.13. The van der Waals surface area contributed by atoms with Crippen molar-refractivity contribution in [3.8, 4) is 16.3 Å². The molecule has 0 atom stereocenters. The molecular weight excluding hydrogens is 287 g/mol. The number of benzene rings is 1. The maximum Gasteiger partial charge on any atom is 0.165 e. The molecule has 0 radical (unpaired) electrons. The summed E-state index contributed by atoms with van der Waals surface area (Å²) < 4.78 is 18.5. The first-order chi connectivity index (χ1) is 10.0. The third kappa shape index (κ3) is 3.80. The van der Waals surface area contributed by atoms with E-state index in [-0.39, 0.29) is 11.6 Å². The van der Waals surface area contributed by atoms with Gasteiger partial charge in [-0.1, -0.05) is 20.8 Å². The summed E-state index contributed by atoms with van der Waals surface area (Å²) in [6.45, 7) is 7.16. The van der Waals surface area contributed by atoms with Gasteiger partial charge >= 0.3 is 0 Å². The number of hydrogen-bond acceptors (Lipinski definition) is 4. The highest BCUT2D eigenvalue weighted by Crippen LogP contribution is 2.31. The van der Waals surface area contributed by atoms with Gasteiger partial charge in [0.25, 0.3) is 0 Å². The van der Waals surface area contributed by atoms with Gasteiger partial charge in [0.1, 0.15) is 5.01 Å². The number of nitrogens with zero attached hydrogens (tertiary/aromatic N) is 1. The molecule has 1 aromatic carbocycles. The van der Waals surface area contributed by atoms with Gasteiger partial charge in [-0.3, -0.25) is 0 Å². The predicted octanol–water partition coefficient (Wildman–Crippen LogP) is 4.02. The van der Waals surface area contributed by atoms with Crippen LogP contribution in [-0.2, 0) is 13.0 Å². The number of nitrogens with one attached hydrogen (secondary N) is 1. The average molecular weight is 308 g/mol. The van der Waals surface area contributed by atoms with Crippen LogP contribution in [0, 0.1) is 5.82 Å². The number of halogens is 1. The maximum atomic E-state index is 13.5. The Kier molecular flexibility index (Phi) is 5.31. The van der Waals surface area contributed by atoms with E-state index in [2.05, 4.69) is 31.1 Å². The minimum absolute atomic E-state index is 0.252. The standard InChI is InChI=1S/C16H21FN2OS/c1-5-13-15(9-18-10(2)3)21-16(19-13)11-6-7-12(17)14(8-11)20-4/h6-8,10,18H,5,9H2,1-4H3. The Labute approximate surface area is 129 Å². The summed E-state index contributed by atoms with van der Waals surface area (Å²) in [6.07, 6.45) is 0.893. The number of ether oxygens (including phenoxy) is 1. The molecule has 114 valence electrons. The summed E-state index contributed by atoms with van der Waals surface area (Å²) in [7, 11) is 1.47. The number of aryl methyl sites for hydroxylation is 1. The zero-order valence-electron chi connectivity index (χ0n) is 12.9. The van der Waals surface area contributed by atoms with Crippen molar-refractivity contribution in [2.45, 2.75) is 39.8 Å². The van der Waals surface area contributed by atoms with Gasteiger partial charge in [-0.2, -0.15) is 0 Å². The summed E-state index contributed by atoms with van der Waals surface area (Å²) >= 11 is 1.65. The zero-order chi connectivity index (χ0) is 15.4. The monoisotopic (exact) mass is 308 g/mol. The molecule has 0 aliphatic carbocycles. The molecule has 0 unspecified atom stereocenters. The van der Waals surface area contributed by atoms with Crippen LogP contribution in [0.3, 0.4) is 0 Å². The lowest BCUT2D eigenvalue weighted by Gasteiger charge is -2.06. The Bertz CT molecular complexity index is 610. The van der Waals surface area contributed by atoms with Gasteiger partial charge in [-0.05, 0) is 24.6 Å². The summed E-state index contributed by atoms with van der Waals surface area (Å²) in [5, 5.41) is 4.33. The molecule has 0 fully saturated rings. The fourth-order valence-corrected chi connectivity index (χ4v) is 3.11. The molecule has 1 N–H and O–H groups in total. The van der Waals surface area contributed by atoms with Crippen LogP contribution in [-0.4, -0.2) is 18.1 Å². The lowest BCUT2D eigenvalue weighted by atomic mass is 10.2. The van der Waals surface area contributed by atoms with Gasteiger partial charge in [0.2, 0.25) is 0 Å². The van der Waals surface area contributed by atoms with Crippen LogP contribution in [0.25, 0.3) is 10.6 Å². The number of methoxy groups -OCH3 is 1. The third-order valence-electron chi connectivity index (χ3n) is 3.18. The highest BCUT2D eigenvalue weighted by molar-refractivity contribution is 7.15. The molecule has 2 aromatic rings. The van der Waals surface area contributed by atoms with E-state index >= 15 is 0 Å². The molecule has 2 rings (SSSR count). The third-order valence-corrected chi connectivity index (χ3v) is 4.33. The van der Waals surface area contributed by atoms with Crippen molar-refractivity contribution >= 4 is 11.3 Å². The second kappa shape index (κ2) is 7.00. The normalized spacial score (nSPS) is 11.1. The SMILES string of the molecule is CCc1nc(-c2ccc(F)c(OC)c2)sc1CNC(C)C. The summed E-state index contributed by atoms with van der Waals surface area (Å²) in [6, 6.07) is 5.31. The first-order valence-electron chi connectivity index (χ1n) is 7.11. The molecule has 0 saturated heterocycles. The molecule has 0 aliphatic heterocycles. The molecular formula is C16H21FN2OS. The van der Waals surface area contributed by atoms with Gasteiger partial charge in [0, 0.05) is 23.0 Å². The van der Waals surface area contributed by atoms with Crippen molar-refractivity contribution in [3.05, 3.63) is 34.6 Å². The number of thiazole rings is 1. The summed E-state index contributed by atoms with van der Waals surface area (Å²) in [4.78, 5) is 5.92. The quantitative estimate of drug-likeness (QED) is 0.875. The van der Waals surface area contributed by atoms with Crippen LogP contribution in [0.15, 0.2) is 18.2 Å². The Morgan fingerprint density at radius 3 is 2.76 bits per heavy atom. The second-order valence-corrected chi connectivity index (χ2v) is 6.21. The molecule has 0 amide bonds. The minimum Gasteiger partial charge on any atom is -0.494 e. The van der Waals surface area contributed by atoms with E-state index in [0.29, 0.717) is 6.04 Å². The van der Waals surface area contributed by atoms with Crippen molar-refractivity contribution in [2.24, 2.45) is 0 Å². The van der Waals surface area contributed by atoms with E-state index in [1.165, 1.54) is 18.1 Å². The molecule has 1 aromatic heterocycles. The fourth-order valence-electron chi connectivity index (χ4n) is 2.01. The van der Waals surface area contributed by atoms with E-state index in [9.17, 15) is 4.39 Å². The van der Waals surface area contributed by atoms with Crippen LogP contribution in [0.5, 0.6) is 5.75 Å². The molecule has 0 aliphatic rings.